The van der Waals surface area contributed by atoms with Crippen LogP contribution >= 0.6 is 0 Å². The van der Waals surface area contributed by atoms with E-state index >= 15 is 0 Å². The molecule has 122 valence electrons. The van der Waals surface area contributed by atoms with Gasteiger partial charge < -0.3 is 10.2 Å². The molecule has 1 aliphatic carbocycles. The summed E-state index contributed by atoms with van der Waals surface area (Å²) >= 11 is 0. The van der Waals surface area contributed by atoms with Gasteiger partial charge in [-0.15, -0.1) is 0 Å². The molecule has 3 fully saturated rings. The maximum absolute atomic E-state index is 3.83. The lowest BCUT2D eigenvalue weighted by Gasteiger charge is -2.47. The van der Waals surface area contributed by atoms with Crippen LogP contribution in [0, 0.1) is 11.8 Å². The second kappa shape index (κ2) is 6.53. The molecular formula is C17H34N4. The first-order valence-corrected chi connectivity index (χ1v) is 8.91. The molecule has 3 rings (SSSR count). The average molecular weight is 294 g/mol. The van der Waals surface area contributed by atoms with Crippen molar-refractivity contribution in [1.29, 1.82) is 0 Å². The Morgan fingerprint density at radius 1 is 1.10 bits per heavy atom. The van der Waals surface area contributed by atoms with Crippen LogP contribution in [0.4, 0.5) is 0 Å². The molecule has 21 heavy (non-hydrogen) atoms. The van der Waals surface area contributed by atoms with E-state index in [1.54, 1.807) is 0 Å². The Labute approximate surface area is 130 Å². The van der Waals surface area contributed by atoms with Gasteiger partial charge >= 0.3 is 0 Å². The molecule has 0 amide bonds. The summed E-state index contributed by atoms with van der Waals surface area (Å²) < 4.78 is 0. The zero-order valence-electron chi connectivity index (χ0n) is 14.4. The van der Waals surface area contributed by atoms with E-state index < -0.39 is 0 Å². The summed E-state index contributed by atoms with van der Waals surface area (Å²) in [5.74, 6) is 1.71. The molecule has 2 heterocycles. The predicted octanol–water partition coefficient (Wildman–Crippen LogP) is 0.941. The fourth-order valence-electron chi connectivity index (χ4n) is 4.10. The summed E-state index contributed by atoms with van der Waals surface area (Å²) in [6.07, 6.45) is 2.90. The highest BCUT2D eigenvalue weighted by molar-refractivity contribution is 4.96. The molecule has 2 saturated heterocycles. The Bertz CT molecular complexity index is 342. The highest BCUT2D eigenvalue weighted by atomic mass is 15.3. The van der Waals surface area contributed by atoms with Crippen LogP contribution in [0.1, 0.15) is 26.7 Å². The van der Waals surface area contributed by atoms with Crippen LogP contribution in [0.5, 0.6) is 0 Å². The van der Waals surface area contributed by atoms with Crippen molar-refractivity contribution in [3.63, 3.8) is 0 Å². The largest absolute Gasteiger partial charge is 0.311 e. The maximum Gasteiger partial charge on any atom is 0.0347 e. The van der Waals surface area contributed by atoms with Crippen molar-refractivity contribution >= 4 is 0 Å². The fourth-order valence-corrected chi connectivity index (χ4v) is 4.10. The number of piperazine rings is 2. The van der Waals surface area contributed by atoms with Crippen LogP contribution < -0.4 is 5.32 Å². The number of hydrogen-bond donors (Lipinski definition) is 1. The SMILES string of the molecule is CC(C)C1CNC(C2CC2)CN1CC1CN(C)CCN1C. The van der Waals surface area contributed by atoms with Crippen molar-refractivity contribution < 1.29 is 0 Å². The summed E-state index contributed by atoms with van der Waals surface area (Å²) in [4.78, 5) is 7.88. The Kier molecular flexibility index (Phi) is 4.89. The van der Waals surface area contributed by atoms with Gasteiger partial charge in [-0.3, -0.25) is 9.80 Å². The van der Waals surface area contributed by atoms with Gasteiger partial charge in [0.05, 0.1) is 0 Å². The summed E-state index contributed by atoms with van der Waals surface area (Å²) in [7, 11) is 4.58. The number of rotatable bonds is 4. The molecule has 3 unspecified atom stereocenters. The van der Waals surface area contributed by atoms with E-state index in [0.29, 0.717) is 12.1 Å². The summed E-state index contributed by atoms with van der Waals surface area (Å²) in [6, 6.07) is 2.16. The van der Waals surface area contributed by atoms with Gasteiger partial charge in [0.15, 0.2) is 0 Å². The molecule has 0 spiro atoms. The number of likely N-dealkylation sites (N-methyl/N-ethyl adjacent to an activating group) is 2. The monoisotopic (exact) mass is 294 g/mol. The quantitative estimate of drug-likeness (QED) is 0.833. The smallest absolute Gasteiger partial charge is 0.0347 e. The van der Waals surface area contributed by atoms with E-state index in [9.17, 15) is 0 Å². The molecule has 1 N–H and O–H groups in total. The van der Waals surface area contributed by atoms with E-state index in [1.807, 2.05) is 0 Å². The van der Waals surface area contributed by atoms with Gasteiger partial charge in [-0.1, -0.05) is 13.8 Å². The Morgan fingerprint density at radius 3 is 2.52 bits per heavy atom. The van der Waals surface area contributed by atoms with Gasteiger partial charge in [0.2, 0.25) is 0 Å². The lowest BCUT2D eigenvalue weighted by molar-refractivity contribution is 0.0339. The minimum Gasteiger partial charge on any atom is -0.311 e. The molecule has 0 aromatic rings. The first-order valence-electron chi connectivity index (χ1n) is 8.91. The molecule has 0 aromatic carbocycles. The van der Waals surface area contributed by atoms with Gasteiger partial charge in [-0.2, -0.15) is 0 Å². The standard InChI is InChI=1S/C17H34N4/c1-13(2)17-9-18-16(14-5-6-14)12-21(17)11-15-10-19(3)7-8-20(15)4/h13-18H,5-12H2,1-4H3. The van der Waals surface area contributed by atoms with Crippen LogP contribution in [-0.4, -0.2) is 86.2 Å². The van der Waals surface area contributed by atoms with E-state index in [-0.39, 0.29) is 0 Å². The molecule has 0 radical (unpaired) electrons. The Morgan fingerprint density at radius 2 is 1.86 bits per heavy atom. The van der Waals surface area contributed by atoms with Crippen molar-refractivity contribution in [2.24, 2.45) is 11.8 Å². The van der Waals surface area contributed by atoms with E-state index in [4.69, 9.17) is 0 Å². The number of nitrogens with zero attached hydrogens (tertiary/aromatic N) is 3. The number of hydrogen-bond acceptors (Lipinski definition) is 4. The normalized spacial score (nSPS) is 37.3. The summed E-state index contributed by atoms with van der Waals surface area (Å²) in [5, 5.41) is 3.83. The van der Waals surface area contributed by atoms with Crippen molar-refractivity contribution in [3.05, 3.63) is 0 Å². The van der Waals surface area contributed by atoms with Crippen molar-refractivity contribution in [1.82, 2.24) is 20.0 Å². The van der Waals surface area contributed by atoms with E-state index in [0.717, 1.165) is 17.9 Å². The van der Waals surface area contributed by atoms with Crippen LogP contribution in [0.15, 0.2) is 0 Å². The molecular weight excluding hydrogens is 260 g/mol. The molecule has 1 saturated carbocycles. The Hall–Kier alpha value is -0.160. The predicted molar refractivity (Wildman–Crippen MR) is 88.6 cm³/mol. The Balaban J connectivity index is 1.63. The maximum atomic E-state index is 3.83. The third kappa shape index (κ3) is 3.79. The average Bonchev–Trinajstić information content (AvgIpc) is 3.27. The molecule has 4 heteroatoms. The second-order valence-corrected chi connectivity index (χ2v) is 8.01. The zero-order valence-corrected chi connectivity index (χ0v) is 14.4. The zero-order chi connectivity index (χ0) is 15.0. The van der Waals surface area contributed by atoms with E-state index in [2.05, 4.69) is 48.0 Å². The van der Waals surface area contributed by atoms with Crippen LogP contribution in [0.3, 0.4) is 0 Å². The lowest BCUT2D eigenvalue weighted by atomic mass is 9.96. The summed E-state index contributed by atoms with van der Waals surface area (Å²) in [6.45, 7) is 12.1. The topological polar surface area (TPSA) is 21.8 Å². The van der Waals surface area contributed by atoms with Crippen LogP contribution in [-0.2, 0) is 0 Å². The second-order valence-electron chi connectivity index (χ2n) is 8.01. The first-order chi connectivity index (χ1) is 10.0. The van der Waals surface area contributed by atoms with Crippen LogP contribution in [0.2, 0.25) is 0 Å². The van der Waals surface area contributed by atoms with Gasteiger partial charge in [0, 0.05) is 57.4 Å². The van der Waals surface area contributed by atoms with Crippen molar-refractivity contribution in [2.45, 2.75) is 44.8 Å². The highest BCUT2D eigenvalue weighted by Crippen LogP contribution is 2.35. The molecule has 4 nitrogen and oxygen atoms in total. The van der Waals surface area contributed by atoms with Gasteiger partial charge in [0.1, 0.15) is 0 Å². The van der Waals surface area contributed by atoms with Crippen molar-refractivity contribution in [2.75, 3.05) is 53.4 Å². The van der Waals surface area contributed by atoms with Crippen LogP contribution in [0.25, 0.3) is 0 Å². The number of nitrogens with one attached hydrogen (secondary N) is 1. The summed E-state index contributed by atoms with van der Waals surface area (Å²) in [5.41, 5.74) is 0. The minimum atomic E-state index is 0.697. The third-order valence-electron chi connectivity index (χ3n) is 5.88. The molecule has 2 aliphatic heterocycles. The highest BCUT2D eigenvalue weighted by Gasteiger charge is 2.39. The van der Waals surface area contributed by atoms with Gasteiger partial charge in [-0.25, -0.2) is 0 Å². The molecule has 3 atom stereocenters. The van der Waals surface area contributed by atoms with E-state index in [1.165, 1.54) is 52.1 Å². The fraction of sp³-hybridized carbons (Fsp3) is 1.00. The molecule has 0 aromatic heterocycles. The van der Waals surface area contributed by atoms with Crippen molar-refractivity contribution in [3.8, 4) is 0 Å². The van der Waals surface area contributed by atoms with Gasteiger partial charge in [0.25, 0.3) is 0 Å². The van der Waals surface area contributed by atoms with Gasteiger partial charge in [-0.05, 0) is 38.8 Å². The lowest BCUT2D eigenvalue weighted by Crippen LogP contribution is -2.63. The third-order valence-corrected chi connectivity index (χ3v) is 5.88. The minimum absolute atomic E-state index is 0.697. The first kappa shape index (κ1) is 15.7. The molecule has 3 aliphatic rings. The molecule has 0 bridgehead atoms.